The molecular weight excluding hydrogens is 132 g/mol. The smallest absolute Gasteiger partial charge is 0.337 e. The van der Waals surface area contributed by atoms with Crippen molar-refractivity contribution in [1.82, 2.24) is 0 Å². The van der Waals surface area contributed by atoms with Gasteiger partial charge in [0.1, 0.15) is 5.76 Å². The Kier molecular flexibility index (Phi) is 1.94. The van der Waals surface area contributed by atoms with Crippen LogP contribution >= 0.6 is 0 Å². The van der Waals surface area contributed by atoms with Crippen molar-refractivity contribution in [2.45, 2.75) is 13.3 Å². The minimum atomic E-state index is -0.269. The van der Waals surface area contributed by atoms with Crippen LogP contribution in [0.2, 0.25) is 0 Å². The number of rotatable bonds is 1. The number of ether oxygens (including phenoxy) is 2. The zero-order valence-electron chi connectivity index (χ0n) is 6.14. The van der Waals surface area contributed by atoms with E-state index in [9.17, 15) is 4.79 Å². The van der Waals surface area contributed by atoms with Crippen LogP contribution in [0.25, 0.3) is 0 Å². The lowest BCUT2D eigenvalue weighted by Crippen LogP contribution is -2.03. The third-order valence-corrected chi connectivity index (χ3v) is 1.53. The summed E-state index contributed by atoms with van der Waals surface area (Å²) in [5.41, 5.74) is 0.669. The van der Waals surface area contributed by atoms with Crippen molar-refractivity contribution < 1.29 is 14.3 Å². The maximum atomic E-state index is 10.9. The van der Waals surface area contributed by atoms with Crippen molar-refractivity contribution >= 4 is 5.97 Å². The van der Waals surface area contributed by atoms with Gasteiger partial charge in [0.25, 0.3) is 0 Å². The predicted molar refractivity (Wildman–Crippen MR) is 35.3 cm³/mol. The molecule has 0 aromatic rings. The number of hydrogen-bond donors (Lipinski definition) is 0. The van der Waals surface area contributed by atoms with E-state index >= 15 is 0 Å². The number of esters is 1. The first-order chi connectivity index (χ1) is 4.75. The van der Waals surface area contributed by atoms with Crippen molar-refractivity contribution in [2.75, 3.05) is 13.7 Å². The van der Waals surface area contributed by atoms with Gasteiger partial charge in [0, 0.05) is 6.42 Å². The minimum Gasteiger partial charge on any atom is -0.497 e. The van der Waals surface area contributed by atoms with E-state index in [4.69, 9.17) is 4.74 Å². The maximum Gasteiger partial charge on any atom is 0.337 e. The number of allylic oxidation sites excluding steroid dienone is 1. The Morgan fingerprint density at radius 2 is 2.40 bits per heavy atom. The average molecular weight is 142 g/mol. The van der Waals surface area contributed by atoms with Crippen molar-refractivity contribution in [3.05, 3.63) is 11.3 Å². The normalized spacial score (nSPS) is 17.0. The molecule has 1 heterocycles. The fourth-order valence-corrected chi connectivity index (χ4v) is 0.938. The third-order valence-electron chi connectivity index (χ3n) is 1.53. The van der Waals surface area contributed by atoms with Crippen LogP contribution in [-0.2, 0) is 14.3 Å². The van der Waals surface area contributed by atoms with Gasteiger partial charge < -0.3 is 9.47 Å². The molecule has 1 aliphatic heterocycles. The van der Waals surface area contributed by atoms with Crippen molar-refractivity contribution in [3.8, 4) is 0 Å². The number of methoxy groups -OCH3 is 1. The van der Waals surface area contributed by atoms with Crippen LogP contribution in [0, 0.1) is 0 Å². The van der Waals surface area contributed by atoms with Gasteiger partial charge in [-0.05, 0) is 6.92 Å². The maximum absolute atomic E-state index is 10.9. The Morgan fingerprint density at radius 3 is 2.80 bits per heavy atom. The first kappa shape index (κ1) is 7.12. The zero-order valence-corrected chi connectivity index (χ0v) is 6.14. The summed E-state index contributed by atoms with van der Waals surface area (Å²) in [5.74, 6) is 0.432. The van der Waals surface area contributed by atoms with Crippen LogP contribution in [0.15, 0.2) is 11.3 Å². The predicted octanol–water partition coefficient (Wildman–Crippen LogP) is 0.854. The van der Waals surface area contributed by atoms with E-state index in [0.29, 0.717) is 24.4 Å². The number of carbonyl (C=O) groups excluding carboxylic acids is 1. The average Bonchev–Trinajstić information content (AvgIpc) is 2.34. The Hall–Kier alpha value is -0.990. The van der Waals surface area contributed by atoms with Crippen LogP contribution in [0.4, 0.5) is 0 Å². The molecule has 0 N–H and O–H groups in total. The molecule has 0 bridgehead atoms. The minimum absolute atomic E-state index is 0.269. The van der Waals surface area contributed by atoms with Crippen molar-refractivity contribution in [1.29, 1.82) is 0 Å². The van der Waals surface area contributed by atoms with Crippen LogP contribution in [0.3, 0.4) is 0 Å². The molecule has 1 rings (SSSR count). The topological polar surface area (TPSA) is 35.5 Å². The van der Waals surface area contributed by atoms with E-state index in [2.05, 4.69) is 4.74 Å². The summed E-state index contributed by atoms with van der Waals surface area (Å²) in [6.07, 6.45) is 0.679. The number of hydrogen-bond acceptors (Lipinski definition) is 3. The highest BCUT2D eigenvalue weighted by Crippen LogP contribution is 2.18. The van der Waals surface area contributed by atoms with Gasteiger partial charge >= 0.3 is 5.97 Å². The molecule has 0 aromatic heterocycles. The second-order valence-corrected chi connectivity index (χ2v) is 2.12. The molecule has 1 aliphatic rings. The van der Waals surface area contributed by atoms with E-state index in [0.717, 1.165) is 0 Å². The highest BCUT2D eigenvalue weighted by molar-refractivity contribution is 5.89. The lowest BCUT2D eigenvalue weighted by molar-refractivity contribution is -0.136. The van der Waals surface area contributed by atoms with Gasteiger partial charge in [0.15, 0.2) is 0 Å². The highest BCUT2D eigenvalue weighted by Gasteiger charge is 2.19. The van der Waals surface area contributed by atoms with E-state index in [1.807, 2.05) is 0 Å². The van der Waals surface area contributed by atoms with Crippen LogP contribution in [0.1, 0.15) is 13.3 Å². The molecule has 3 heteroatoms. The largest absolute Gasteiger partial charge is 0.497 e. The van der Waals surface area contributed by atoms with Gasteiger partial charge in [-0.3, -0.25) is 0 Å². The highest BCUT2D eigenvalue weighted by atomic mass is 16.5. The Labute approximate surface area is 59.6 Å². The van der Waals surface area contributed by atoms with Gasteiger partial charge in [-0.25, -0.2) is 4.79 Å². The lowest BCUT2D eigenvalue weighted by Gasteiger charge is -1.97. The van der Waals surface area contributed by atoms with Crippen LogP contribution in [-0.4, -0.2) is 19.7 Å². The quantitative estimate of drug-likeness (QED) is 0.509. The van der Waals surface area contributed by atoms with Crippen molar-refractivity contribution in [3.63, 3.8) is 0 Å². The molecule has 0 saturated carbocycles. The molecule has 3 nitrogen and oxygen atoms in total. The van der Waals surface area contributed by atoms with Gasteiger partial charge in [-0.15, -0.1) is 0 Å². The second-order valence-electron chi connectivity index (χ2n) is 2.12. The molecule has 0 fully saturated rings. The summed E-state index contributed by atoms with van der Waals surface area (Å²) >= 11 is 0. The fourth-order valence-electron chi connectivity index (χ4n) is 0.938. The number of carbonyl (C=O) groups is 1. The standard InChI is InChI=1S/C7H10O3/c1-5-6(3-4-10-5)7(8)9-2/h3-4H2,1-2H3. The summed E-state index contributed by atoms with van der Waals surface area (Å²) in [4.78, 5) is 10.9. The van der Waals surface area contributed by atoms with Gasteiger partial charge in [-0.1, -0.05) is 0 Å². The molecule has 0 spiro atoms. The fraction of sp³-hybridized carbons (Fsp3) is 0.571. The Morgan fingerprint density at radius 1 is 1.70 bits per heavy atom. The summed E-state index contributed by atoms with van der Waals surface area (Å²) in [6, 6.07) is 0. The lowest BCUT2D eigenvalue weighted by atomic mass is 10.2. The van der Waals surface area contributed by atoms with Gasteiger partial charge in [-0.2, -0.15) is 0 Å². The molecule has 0 saturated heterocycles. The Bertz CT molecular complexity index is 181. The summed E-state index contributed by atoms with van der Waals surface area (Å²) in [5, 5.41) is 0. The van der Waals surface area contributed by atoms with E-state index in [-0.39, 0.29) is 5.97 Å². The van der Waals surface area contributed by atoms with Gasteiger partial charge in [0.05, 0.1) is 19.3 Å². The monoisotopic (exact) mass is 142 g/mol. The first-order valence-electron chi connectivity index (χ1n) is 3.16. The summed E-state index contributed by atoms with van der Waals surface area (Å²) in [7, 11) is 1.38. The molecule has 56 valence electrons. The first-order valence-corrected chi connectivity index (χ1v) is 3.16. The molecule has 0 atom stereocenters. The molecule has 0 amide bonds. The van der Waals surface area contributed by atoms with E-state index in [1.165, 1.54) is 7.11 Å². The molecule has 0 unspecified atom stereocenters. The van der Waals surface area contributed by atoms with Crippen LogP contribution < -0.4 is 0 Å². The SMILES string of the molecule is COC(=O)C1=C(C)OCC1. The van der Waals surface area contributed by atoms with E-state index in [1.54, 1.807) is 6.92 Å². The molecule has 10 heavy (non-hydrogen) atoms. The third kappa shape index (κ3) is 1.12. The summed E-state index contributed by atoms with van der Waals surface area (Å²) < 4.78 is 9.59. The Balaban J connectivity index is 2.71. The molecule has 0 aliphatic carbocycles. The molecule has 0 radical (unpaired) electrons. The van der Waals surface area contributed by atoms with Crippen LogP contribution in [0.5, 0.6) is 0 Å². The summed E-state index contributed by atoms with van der Waals surface area (Å²) in [6.45, 7) is 2.38. The van der Waals surface area contributed by atoms with E-state index < -0.39 is 0 Å². The van der Waals surface area contributed by atoms with Crippen molar-refractivity contribution in [2.24, 2.45) is 0 Å². The van der Waals surface area contributed by atoms with Gasteiger partial charge in [0.2, 0.25) is 0 Å². The zero-order chi connectivity index (χ0) is 7.56. The molecule has 0 aromatic carbocycles. The molecular formula is C7H10O3. The second kappa shape index (κ2) is 2.73.